The SMILES string of the molecule is COC(=O)[C@H](CCSC)NC(=O)CN(Cc1cccc2ccccc12)C[C@@H]1CCCCN1.Cl. The van der Waals surface area contributed by atoms with Gasteiger partial charge in [-0.2, -0.15) is 11.8 Å². The summed E-state index contributed by atoms with van der Waals surface area (Å²) in [5, 5.41) is 8.91. The normalized spacial score (nSPS) is 16.8. The first-order valence-electron chi connectivity index (χ1n) is 11.4. The average Bonchev–Trinajstić information content (AvgIpc) is 2.82. The number of nitrogens with one attached hydrogen (secondary N) is 2. The van der Waals surface area contributed by atoms with Gasteiger partial charge in [-0.25, -0.2) is 4.79 Å². The molecule has 1 aliphatic heterocycles. The Morgan fingerprint density at radius 3 is 2.73 bits per heavy atom. The van der Waals surface area contributed by atoms with Gasteiger partial charge in [0.1, 0.15) is 6.04 Å². The first-order chi connectivity index (χ1) is 15.6. The van der Waals surface area contributed by atoms with E-state index in [0.29, 0.717) is 19.0 Å². The van der Waals surface area contributed by atoms with Crippen molar-refractivity contribution in [2.75, 3.05) is 38.8 Å². The lowest BCUT2D eigenvalue weighted by Gasteiger charge is -2.31. The molecule has 0 aromatic heterocycles. The summed E-state index contributed by atoms with van der Waals surface area (Å²) in [7, 11) is 1.36. The summed E-state index contributed by atoms with van der Waals surface area (Å²) in [5.41, 5.74) is 1.21. The van der Waals surface area contributed by atoms with Gasteiger partial charge in [-0.1, -0.05) is 48.9 Å². The molecule has 3 rings (SSSR count). The molecular weight excluding hydrogens is 458 g/mol. The molecule has 1 amide bonds. The Morgan fingerprint density at radius 2 is 2.00 bits per heavy atom. The molecule has 0 bridgehead atoms. The first-order valence-corrected chi connectivity index (χ1v) is 12.8. The van der Waals surface area contributed by atoms with E-state index in [1.165, 1.54) is 36.3 Å². The molecule has 0 saturated carbocycles. The van der Waals surface area contributed by atoms with Crippen molar-refractivity contribution in [1.29, 1.82) is 0 Å². The first kappa shape index (κ1) is 27.4. The van der Waals surface area contributed by atoms with Crippen LogP contribution in [0.1, 0.15) is 31.2 Å². The molecule has 2 aromatic rings. The number of amides is 1. The fourth-order valence-corrected chi connectivity index (χ4v) is 4.79. The molecule has 2 N–H and O–H groups in total. The monoisotopic (exact) mass is 493 g/mol. The number of piperidine rings is 1. The second-order valence-electron chi connectivity index (χ2n) is 8.38. The largest absolute Gasteiger partial charge is 0.467 e. The molecule has 182 valence electrons. The average molecular weight is 494 g/mol. The van der Waals surface area contributed by atoms with Crippen molar-refractivity contribution < 1.29 is 14.3 Å². The molecule has 1 fully saturated rings. The zero-order valence-corrected chi connectivity index (χ0v) is 21.2. The van der Waals surface area contributed by atoms with E-state index in [2.05, 4.69) is 51.9 Å². The highest BCUT2D eigenvalue weighted by atomic mass is 35.5. The number of methoxy groups -OCH3 is 1. The minimum Gasteiger partial charge on any atom is -0.467 e. The van der Waals surface area contributed by atoms with Crippen LogP contribution in [0.2, 0.25) is 0 Å². The molecule has 1 aliphatic rings. The number of halogens is 1. The van der Waals surface area contributed by atoms with Gasteiger partial charge in [-0.3, -0.25) is 9.69 Å². The van der Waals surface area contributed by atoms with Crippen molar-refractivity contribution in [3.05, 3.63) is 48.0 Å². The molecule has 0 aliphatic carbocycles. The number of nitrogens with zero attached hydrogens (tertiary/aromatic N) is 1. The minimum atomic E-state index is -0.604. The second-order valence-corrected chi connectivity index (χ2v) is 9.37. The summed E-state index contributed by atoms with van der Waals surface area (Å²) in [4.78, 5) is 27.3. The highest BCUT2D eigenvalue weighted by Gasteiger charge is 2.24. The van der Waals surface area contributed by atoms with Crippen LogP contribution in [-0.4, -0.2) is 67.6 Å². The summed E-state index contributed by atoms with van der Waals surface area (Å²) >= 11 is 1.65. The maximum Gasteiger partial charge on any atom is 0.328 e. The van der Waals surface area contributed by atoms with E-state index in [4.69, 9.17) is 4.74 Å². The maximum atomic E-state index is 13.0. The van der Waals surface area contributed by atoms with Crippen molar-refractivity contribution in [2.24, 2.45) is 0 Å². The molecule has 33 heavy (non-hydrogen) atoms. The Bertz CT molecular complexity index is 887. The highest BCUT2D eigenvalue weighted by Crippen LogP contribution is 2.20. The number of fused-ring (bicyclic) bond motifs is 1. The van der Waals surface area contributed by atoms with Crippen LogP contribution in [0.15, 0.2) is 42.5 Å². The summed E-state index contributed by atoms with van der Waals surface area (Å²) < 4.78 is 4.89. The molecule has 0 unspecified atom stereocenters. The smallest absolute Gasteiger partial charge is 0.328 e. The maximum absolute atomic E-state index is 13.0. The summed E-state index contributed by atoms with van der Waals surface area (Å²) in [6.07, 6.45) is 6.08. The number of benzene rings is 2. The van der Waals surface area contributed by atoms with Crippen molar-refractivity contribution in [3.8, 4) is 0 Å². The zero-order chi connectivity index (χ0) is 22.8. The third-order valence-corrected chi connectivity index (χ3v) is 6.61. The fraction of sp³-hybridized carbons (Fsp3) is 0.520. The molecule has 6 nitrogen and oxygen atoms in total. The van der Waals surface area contributed by atoms with E-state index in [0.717, 1.165) is 25.3 Å². The third-order valence-electron chi connectivity index (χ3n) is 5.96. The van der Waals surface area contributed by atoms with Crippen LogP contribution in [0.4, 0.5) is 0 Å². The van der Waals surface area contributed by atoms with Crippen molar-refractivity contribution in [1.82, 2.24) is 15.5 Å². The molecule has 1 saturated heterocycles. The number of esters is 1. The molecule has 2 atom stereocenters. The predicted octanol–water partition coefficient (Wildman–Crippen LogP) is 3.62. The molecule has 2 aromatic carbocycles. The predicted molar refractivity (Wildman–Crippen MR) is 139 cm³/mol. The number of rotatable bonds is 11. The van der Waals surface area contributed by atoms with E-state index < -0.39 is 6.04 Å². The topological polar surface area (TPSA) is 70.7 Å². The van der Waals surface area contributed by atoms with Gasteiger partial charge in [0.15, 0.2) is 0 Å². The van der Waals surface area contributed by atoms with Crippen LogP contribution in [0, 0.1) is 0 Å². The quantitative estimate of drug-likeness (QED) is 0.466. The van der Waals surface area contributed by atoms with Crippen LogP contribution in [0.3, 0.4) is 0 Å². The third kappa shape index (κ3) is 8.49. The van der Waals surface area contributed by atoms with Gasteiger partial charge >= 0.3 is 5.97 Å². The van der Waals surface area contributed by atoms with Gasteiger partial charge in [0.05, 0.1) is 13.7 Å². The van der Waals surface area contributed by atoms with Crippen LogP contribution in [0.25, 0.3) is 10.8 Å². The van der Waals surface area contributed by atoms with E-state index in [9.17, 15) is 9.59 Å². The summed E-state index contributed by atoms with van der Waals surface area (Å²) in [6.45, 7) is 2.75. The summed E-state index contributed by atoms with van der Waals surface area (Å²) in [6, 6.07) is 14.4. The lowest BCUT2D eigenvalue weighted by Crippen LogP contribution is -2.49. The fourth-order valence-electron chi connectivity index (χ4n) is 4.32. The molecule has 1 heterocycles. The highest BCUT2D eigenvalue weighted by molar-refractivity contribution is 7.98. The number of carbonyl (C=O) groups is 2. The Labute approximate surface area is 207 Å². The number of ether oxygens (including phenoxy) is 1. The summed E-state index contributed by atoms with van der Waals surface area (Å²) in [5.74, 6) is 0.255. The Morgan fingerprint density at radius 1 is 1.21 bits per heavy atom. The number of thioether (sulfide) groups is 1. The van der Waals surface area contributed by atoms with E-state index in [1.54, 1.807) is 11.8 Å². The number of hydrogen-bond donors (Lipinski definition) is 2. The number of hydrogen-bond acceptors (Lipinski definition) is 6. The standard InChI is InChI=1S/C25H35N3O3S.ClH/c1-31-25(30)23(13-15-32-2)27-24(29)18-28(17-21-11-5-6-14-26-21)16-20-10-7-9-19-8-3-4-12-22(19)20;/h3-4,7-10,12,21,23,26H,5-6,11,13-18H2,1-2H3,(H,27,29);1H/t21-,23-;/m0./s1. The molecule has 8 heteroatoms. The van der Waals surface area contributed by atoms with Gasteiger partial charge in [0.2, 0.25) is 5.91 Å². The Kier molecular flexibility index (Phi) is 12.0. The second kappa shape index (κ2) is 14.5. The Balaban J connectivity index is 0.00000385. The van der Waals surface area contributed by atoms with E-state index in [1.807, 2.05) is 12.3 Å². The van der Waals surface area contributed by atoms with E-state index in [-0.39, 0.29) is 30.8 Å². The molecule has 0 radical (unpaired) electrons. The lowest BCUT2D eigenvalue weighted by atomic mass is 10.0. The van der Waals surface area contributed by atoms with Crippen molar-refractivity contribution in [3.63, 3.8) is 0 Å². The zero-order valence-electron chi connectivity index (χ0n) is 19.5. The Hall–Kier alpha value is -1.80. The van der Waals surface area contributed by atoms with Crippen molar-refractivity contribution >= 4 is 46.8 Å². The molecular formula is C25H36ClN3O3S. The van der Waals surface area contributed by atoms with Gasteiger partial charge in [-0.15, -0.1) is 12.4 Å². The van der Waals surface area contributed by atoms with Crippen LogP contribution in [0.5, 0.6) is 0 Å². The number of carbonyl (C=O) groups excluding carboxylic acids is 2. The lowest BCUT2D eigenvalue weighted by molar-refractivity contribution is -0.145. The molecule has 0 spiro atoms. The van der Waals surface area contributed by atoms with Gasteiger partial charge < -0.3 is 15.4 Å². The van der Waals surface area contributed by atoms with Gasteiger partial charge in [-0.05, 0) is 54.2 Å². The van der Waals surface area contributed by atoms with Crippen molar-refractivity contribution in [2.45, 2.75) is 44.3 Å². The van der Waals surface area contributed by atoms with Gasteiger partial charge in [0.25, 0.3) is 0 Å². The van der Waals surface area contributed by atoms with Crippen LogP contribution < -0.4 is 10.6 Å². The minimum absolute atomic E-state index is 0. The van der Waals surface area contributed by atoms with Gasteiger partial charge in [0, 0.05) is 19.1 Å². The van der Waals surface area contributed by atoms with E-state index >= 15 is 0 Å². The van der Waals surface area contributed by atoms with Crippen LogP contribution >= 0.6 is 24.2 Å². The van der Waals surface area contributed by atoms with Crippen LogP contribution in [-0.2, 0) is 20.9 Å².